The average molecular weight is 351 g/mol. The Bertz CT molecular complexity index is 517. The van der Waals surface area contributed by atoms with Crippen molar-refractivity contribution in [2.75, 3.05) is 31.1 Å². The Morgan fingerprint density at radius 1 is 1.32 bits per heavy atom. The molecule has 22 heavy (non-hydrogen) atoms. The first-order chi connectivity index (χ1) is 9.97. The van der Waals surface area contributed by atoms with Crippen molar-refractivity contribution >= 4 is 28.2 Å². The first-order valence-corrected chi connectivity index (χ1v) is 10.0. The quantitative estimate of drug-likeness (QED) is 0.828. The Morgan fingerprint density at radius 3 is 2.55 bits per heavy atom. The van der Waals surface area contributed by atoms with Gasteiger partial charge in [-0.3, -0.25) is 4.79 Å². The zero-order chi connectivity index (χ0) is 15.1. The number of hydrogen-bond acceptors (Lipinski definition) is 4. The molecule has 128 valence electrons. The molecule has 2 heterocycles. The lowest BCUT2D eigenvalue weighted by molar-refractivity contribution is -0.135. The molecule has 0 bridgehead atoms. The van der Waals surface area contributed by atoms with Crippen LogP contribution in [0.3, 0.4) is 0 Å². The van der Waals surface area contributed by atoms with E-state index < -0.39 is 9.84 Å². The molecule has 0 aromatic rings. The molecule has 1 aliphatic carbocycles. The van der Waals surface area contributed by atoms with Crippen LogP contribution in [-0.4, -0.2) is 56.4 Å². The van der Waals surface area contributed by atoms with Crippen molar-refractivity contribution in [3.8, 4) is 0 Å². The van der Waals surface area contributed by atoms with Gasteiger partial charge in [0.1, 0.15) is 0 Å². The first kappa shape index (κ1) is 18.0. The predicted molar refractivity (Wildman–Crippen MR) is 89.0 cm³/mol. The van der Waals surface area contributed by atoms with E-state index >= 15 is 0 Å². The van der Waals surface area contributed by atoms with Crippen molar-refractivity contribution < 1.29 is 13.2 Å². The van der Waals surface area contributed by atoms with Crippen LogP contribution in [0.2, 0.25) is 0 Å². The van der Waals surface area contributed by atoms with Gasteiger partial charge in [0, 0.05) is 18.5 Å². The summed E-state index contributed by atoms with van der Waals surface area (Å²) >= 11 is 0. The maximum atomic E-state index is 12.9. The van der Waals surface area contributed by atoms with Crippen LogP contribution in [0.25, 0.3) is 0 Å². The molecule has 1 spiro atoms. The molecule has 2 saturated heterocycles. The number of carbonyl (C=O) groups is 1. The minimum Gasteiger partial charge on any atom is -0.338 e. The Morgan fingerprint density at radius 2 is 2.00 bits per heavy atom. The number of rotatable bonds is 4. The molecule has 1 N–H and O–H groups in total. The van der Waals surface area contributed by atoms with Crippen LogP contribution in [0.5, 0.6) is 0 Å². The summed E-state index contributed by atoms with van der Waals surface area (Å²) in [6.45, 7) is 4.77. The summed E-state index contributed by atoms with van der Waals surface area (Å²) in [7, 11) is -2.93. The van der Waals surface area contributed by atoms with E-state index in [1.807, 2.05) is 4.90 Å². The van der Waals surface area contributed by atoms with E-state index in [0.29, 0.717) is 13.0 Å². The summed E-state index contributed by atoms with van der Waals surface area (Å²) < 4.78 is 23.4. The Kier molecular flexibility index (Phi) is 5.45. The summed E-state index contributed by atoms with van der Waals surface area (Å²) in [5.74, 6) is 0.778. The minimum absolute atomic E-state index is 0. The van der Waals surface area contributed by atoms with Crippen molar-refractivity contribution in [2.45, 2.75) is 45.1 Å². The zero-order valence-electron chi connectivity index (χ0n) is 13.2. The highest BCUT2D eigenvalue weighted by Gasteiger charge is 2.59. The highest BCUT2D eigenvalue weighted by atomic mass is 35.5. The fourth-order valence-corrected chi connectivity index (χ4v) is 5.84. The van der Waals surface area contributed by atoms with Crippen molar-refractivity contribution in [1.29, 1.82) is 0 Å². The topological polar surface area (TPSA) is 66.5 Å². The van der Waals surface area contributed by atoms with Gasteiger partial charge in [0.25, 0.3) is 0 Å². The molecule has 1 amide bonds. The fourth-order valence-electron chi connectivity index (χ4n) is 4.11. The van der Waals surface area contributed by atoms with Gasteiger partial charge in [-0.15, -0.1) is 12.4 Å². The number of sulfone groups is 1. The predicted octanol–water partition coefficient (Wildman–Crippen LogP) is 1.22. The van der Waals surface area contributed by atoms with Crippen molar-refractivity contribution in [3.05, 3.63) is 0 Å². The van der Waals surface area contributed by atoms with E-state index in [9.17, 15) is 13.2 Å². The third kappa shape index (κ3) is 3.44. The monoisotopic (exact) mass is 350 g/mol. The fraction of sp³-hybridized carbons (Fsp3) is 0.933. The van der Waals surface area contributed by atoms with Gasteiger partial charge in [0.15, 0.2) is 9.84 Å². The Balaban J connectivity index is 0.00000176. The summed E-state index contributed by atoms with van der Waals surface area (Å²) in [6.07, 6.45) is 4.70. The Hall–Kier alpha value is -0.330. The molecule has 3 aliphatic rings. The van der Waals surface area contributed by atoms with E-state index in [-0.39, 0.29) is 47.2 Å². The Labute approximate surface area is 139 Å². The average Bonchev–Trinajstić information content (AvgIpc) is 3.01. The zero-order valence-corrected chi connectivity index (χ0v) is 14.8. The van der Waals surface area contributed by atoms with E-state index in [1.165, 1.54) is 0 Å². The van der Waals surface area contributed by atoms with Gasteiger partial charge in [0.05, 0.1) is 11.5 Å². The van der Waals surface area contributed by atoms with Crippen LogP contribution in [0.1, 0.15) is 39.0 Å². The summed E-state index contributed by atoms with van der Waals surface area (Å²) in [5, 5.41) is 3.36. The van der Waals surface area contributed by atoms with E-state index in [1.54, 1.807) is 0 Å². The first-order valence-electron chi connectivity index (χ1n) is 8.19. The molecule has 3 rings (SSSR count). The number of amides is 1. The molecule has 0 aromatic heterocycles. The van der Waals surface area contributed by atoms with E-state index in [2.05, 4.69) is 12.2 Å². The standard InChI is InChI=1S/C15H26N2O3S.ClH/c1-2-8-17(12-3-9-21(19,20)11-12)14(18)13-10-15(13)4-6-16-7-5-15;/h12-13,16H,2-11H2,1H3;1H. The van der Waals surface area contributed by atoms with E-state index in [4.69, 9.17) is 0 Å². The van der Waals surface area contributed by atoms with Gasteiger partial charge in [-0.05, 0) is 50.6 Å². The molecule has 7 heteroatoms. The van der Waals surface area contributed by atoms with Gasteiger partial charge < -0.3 is 10.2 Å². The van der Waals surface area contributed by atoms with Crippen molar-refractivity contribution in [1.82, 2.24) is 10.2 Å². The SMILES string of the molecule is CCCN(C(=O)C1CC12CCNCC2)C1CCS(=O)(=O)C1.Cl. The molecule has 2 atom stereocenters. The number of piperidine rings is 1. The van der Waals surface area contributed by atoms with Gasteiger partial charge in [-0.1, -0.05) is 6.92 Å². The summed E-state index contributed by atoms with van der Waals surface area (Å²) in [6, 6.07) is -0.0817. The minimum atomic E-state index is -2.93. The van der Waals surface area contributed by atoms with Gasteiger partial charge >= 0.3 is 0 Å². The molecular weight excluding hydrogens is 324 g/mol. The van der Waals surface area contributed by atoms with Crippen molar-refractivity contribution in [2.24, 2.45) is 11.3 Å². The molecule has 2 unspecified atom stereocenters. The van der Waals surface area contributed by atoms with Crippen LogP contribution in [0.4, 0.5) is 0 Å². The molecule has 1 saturated carbocycles. The maximum absolute atomic E-state index is 12.9. The maximum Gasteiger partial charge on any atom is 0.226 e. The lowest BCUT2D eigenvalue weighted by Crippen LogP contribution is -2.44. The van der Waals surface area contributed by atoms with Gasteiger partial charge in [-0.25, -0.2) is 8.42 Å². The second-order valence-corrected chi connectivity index (χ2v) is 9.19. The third-order valence-corrected chi connectivity index (χ3v) is 7.23. The number of nitrogens with one attached hydrogen (secondary N) is 1. The van der Waals surface area contributed by atoms with Crippen LogP contribution < -0.4 is 5.32 Å². The van der Waals surface area contributed by atoms with Crippen LogP contribution in [-0.2, 0) is 14.6 Å². The van der Waals surface area contributed by atoms with Crippen LogP contribution in [0.15, 0.2) is 0 Å². The molecule has 5 nitrogen and oxygen atoms in total. The van der Waals surface area contributed by atoms with Crippen LogP contribution >= 0.6 is 12.4 Å². The molecule has 0 radical (unpaired) electrons. The molecule has 0 aromatic carbocycles. The van der Waals surface area contributed by atoms with Gasteiger partial charge in [0.2, 0.25) is 5.91 Å². The highest BCUT2D eigenvalue weighted by molar-refractivity contribution is 7.91. The van der Waals surface area contributed by atoms with Crippen molar-refractivity contribution in [3.63, 3.8) is 0 Å². The normalized spacial score (nSPS) is 31.5. The third-order valence-electron chi connectivity index (χ3n) is 5.48. The second-order valence-electron chi connectivity index (χ2n) is 6.96. The lowest BCUT2D eigenvalue weighted by Gasteiger charge is -2.30. The number of nitrogens with zero attached hydrogens (tertiary/aromatic N) is 1. The smallest absolute Gasteiger partial charge is 0.226 e. The van der Waals surface area contributed by atoms with Crippen LogP contribution in [0, 0.1) is 11.3 Å². The molecule has 2 aliphatic heterocycles. The molecular formula is C15H27ClN2O3S. The summed E-state index contributed by atoms with van der Waals surface area (Å²) in [5.41, 5.74) is 0.228. The summed E-state index contributed by atoms with van der Waals surface area (Å²) in [4.78, 5) is 14.8. The molecule has 3 fully saturated rings. The van der Waals surface area contributed by atoms with Gasteiger partial charge in [-0.2, -0.15) is 0 Å². The lowest BCUT2D eigenvalue weighted by atomic mass is 9.91. The number of hydrogen-bond donors (Lipinski definition) is 1. The largest absolute Gasteiger partial charge is 0.338 e. The van der Waals surface area contributed by atoms with E-state index in [0.717, 1.165) is 38.8 Å². The number of halogens is 1. The highest BCUT2D eigenvalue weighted by Crippen LogP contribution is 2.59. The second kappa shape index (κ2) is 6.65. The number of carbonyl (C=O) groups excluding carboxylic acids is 1.